The van der Waals surface area contributed by atoms with Gasteiger partial charge in [0.2, 0.25) is 0 Å². The van der Waals surface area contributed by atoms with Crippen LogP contribution in [0.15, 0.2) is 72.3 Å². The molecule has 1 saturated heterocycles. The monoisotopic (exact) mass is 474 g/mol. The van der Waals surface area contributed by atoms with Gasteiger partial charge in [-0.3, -0.25) is 14.5 Å². The number of aromatic hydroxyl groups is 1. The minimum Gasteiger partial charge on any atom is -0.508 e. The van der Waals surface area contributed by atoms with E-state index in [1.807, 2.05) is 25.1 Å². The number of amides is 1. The van der Waals surface area contributed by atoms with Crippen molar-refractivity contribution in [2.45, 2.75) is 19.4 Å². The number of anilines is 1. The summed E-state index contributed by atoms with van der Waals surface area (Å²) in [6.07, 6.45) is 0.842. The van der Waals surface area contributed by atoms with E-state index in [1.165, 1.54) is 40.5 Å². The number of hydrogen-bond acceptors (Lipinski definition) is 6. The number of benzene rings is 3. The second-order valence-corrected chi connectivity index (χ2v) is 8.93. The van der Waals surface area contributed by atoms with Gasteiger partial charge in [-0.1, -0.05) is 36.5 Å². The van der Waals surface area contributed by atoms with E-state index in [0.717, 1.165) is 28.8 Å². The normalized spacial score (nSPS) is 17.6. The topological polar surface area (TPSA) is 90.7 Å². The van der Waals surface area contributed by atoms with Gasteiger partial charge in [0.25, 0.3) is 5.78 Å². The highest BCUT2D eigenvalue weighted by Gasteiger charge is 2.48. The highest BCUT2D eigenvalue weighted by Crippen LogP contribution is 2.44. The largest absolute Gasteiger partial charge is 0.508 e. The van der Waals surface area contributed by atoms with E-state index in [1.54, 1.807) is 12.1 Å². The van der Waals surface area contributed by atoms with Gasteiger partial charge in [0.15, 0.2) is 5.13 Å². The standard InChI is InChI=1S/C26H19FN2O4S/c1-2-14-6-11-19-20(12-14)34-26(28-19)29-22(16-4-3-5-18(30)13-16)21(24(32)25(29)33)23(31)15-7-9-17(27)10-8-15/h3-13,22,30-31H,2H2,1H3/b23-21+/t22-/m1/s1. The van der Waals surface area contributed by atoms with E-state index >= 15 is 0 Å². The van der Waals surface area contributed by atoms with Gasteiger partial charge in [0, 0.05) is 5.56 Å². The first-order valence-corrected chi connectivity index (χ1v) is 11.4. The minimum absolute atomic E-state index is 0.0539. The van der Waals surface area contributed by atoms with Gasteiger partial charge in [0.05, 0.1) is 21.8 Å². The third-order valence-corrected chi connectivity index (χ3v) is 6.82. The Balaban J connectivity index is 1.72. The maximum atomic E-state index is 13.4. The average Bonchev–Trinajstić information content (AvgIpc) is 3.36. The van der Waals surface area contributed by atoms with Crippen LogP contribution >= 0.6 is 11.3 Å². The van der Waals surface area contributed by atoms with Crippen molar-refractivity contribution in [2.24, 2.45) is 0 Å². The number of aromatic nitrogens is 1. The van der Waals surface area contributed by atoms with Gasteiger partial charge in [-0.2, -0.15) is 0 Å². The van der Waals surface area contributed by atoms with Gasteiger partial charge in [-0.15, -0.1) is 0 Å². The first-order valence-electron chi connectivity index (χ1n) is 10.6. The summed E-state index contributed by atoms with van der Waals surface area (Å²) in [6, 6.07) is 15.9. The molecule has 5 rings (SSSR count). The molecule has 0 saturated carbocycles. The SMILES string of the molecule is CCc1ccc2nc(N3C(=O)C(=O)/C(=C(/O)c4ccc(F)cc4)[C@H]3c3cccc(O)c3)sc2c1. The summed E-state index contributed by atoms with van der Waals surface area (Å²) in [6.45, 7) is 2.04. The summed E-state index contributed by atoms with van der Waals surface area (Å²) in [5.74, 6) is -2.71. The van der Waals surface area contributed by atoms with Gasteiger partial charge in [-0.05, 0) is 66.1 Å². The summed E-state index contributed by atoms with van der Waals surface area (Å²) in [4.78, 5) is 32.3. The highest BCUT2D eigenvalue weighted by molar-refractivity contribution is 7.22. The second-order valence-electron chi connectivity index (χ2n) is 7.92. The van der Waals surface area contributed by atoms with E-state index in [4.69, 9.17) is 0 Å². The number of carbonyl (C=O) groups is 2. The number of phenolic OH excluding ortho intramolecular Hbond substituents is 1. The summed E-state index contributed by atoms with van der Waals surface area (Å²) >= 11 is 1.27. The molecule has 8 heteroatoms. The number of halogens is 1. The second kappa shape index (κ2) is 8.39. The molecular formula is C26H19FN2O4S. The Kier molecular flexibility index (Phi) is 5.37. The van der Waals surface area contributed by atoms with Crippen LogP contribution in [0.5, 0.6) is 5.75 Å². The molecule has 1 amide bonds. The van der Waals surface area contributed by atoms with E-state index in [9.17, 15) is 24.2 Å². The van der Waals surface area contributed by atoms with Crippen LogP contribution in [-0.4, -0.2) is 26.9 Å². The quantitative estimate of drug-likeness (QED) is 0.237. The van der Waals surface area contributed by atoms with Crippen LogP contribution in [0.2, 0.25) is 0 Å². The van der Waals surface area contributed by atoms with Crippen LogP contribution in [0.3, 0.4) is 0 Å². The molecule has 4 aromatic rings. The zero-order valence-corrected chi connectivity index (χ0v) is 18.8. The number of carbonyl (C=O) groups excluding carboxylic acids is 2. The van der Waals surface area contributed by atoms with Gasteiger partial charge in [0.1, 0.15) is 17.3 Å². The van der Waals surface area contributed by atoms with Crippen molar-refractivity contribution in [3.8, 4) is 5.75 Å². The molecule has 3 aromatic carbocycles. The van der Waals surface area contributed by atoms with Gasteiger partial charge in [-0.25, -0.2) is 9.37 Å². The number of fused-ring (bicyclic) bond motifs is 1. The number of Topliss-reactive ketones (excluding diaryl/α,β-unsaturated/α-hetero) is 1. The summed E-state index contributed by atoms with van der Waals surface area (Å²) in [7, 11) is 0. The Hall–Kier alpha value is -4.04. The number of nitrogens with zero attached hydrogens (tertiary/aromatic N) is 2. The van der Waals surface area contributed by atoms with E-state index in [-0.39, 0.29) is 16.9 Å². The van der Waals surface area contributed by atoms with Crippen LogP contribution in [0, 0.1) is 5.82 Å². The first-order chi connectivity index (χ1) is 16.4. The third-order valence-electron chi connectivity index (χ3n) is 5.80. The van der Waals surface area contributed by atoms with Crippen molar-refractivity contribution in [3.05, 3.63) is 94.8 Å². The first kappa shape index (κ1) is 21.8. The number of aliphatic hydroxyl groups excluding tert-OH is 1. The molecule has 1 aliphatic rings. The molecule has 2 N–H and O–H groups in total. The summed E-state index contributed by atoms with van der Waals surface area (Å²) < 4.78 is 14.3. The molecule has 170 valence electrons. The van der Waals surface area contributed by atoms with Crippen LogP contribution in [0.4, 0.5) is 9.52 Å². The lowest BCUT2D eigenvalue weighted by molar-refractivity contribution is -0.132. The predicted octanol–water partition coefficient (Wildman–Crippen LogP) is 5.33. The Labute approximate surface area is 198 Å². The zero-order valence-electron chi connectivity index (χ0n) is 18.0. The number of phenols is 1. The molecular weight excluding hydrogens is 455 g/mol. The highest BCUT2D eigenvalue weighted by atomic mass is 32.1. The fourth-order valence-electron chi connectivity index (χ4n) is 4.08. The van der Waals surface area contributed by atoms with Crippen molar-refractivity contribution >= 4 is 44.1 Å². The number of hydrogen-bond donors (Lipinski definition) is 2. The smallest absolute Gasteiger partial charge is 0.301 e. The fourth-order valence-corrected chi connectivity index (χ4v) is 5.14. The Morgan fingerprint density at radius 2 is 1.85 bits per heavy atom. The van der Waals surface area contributed by atoms with Crippen LogP contribution in [-0.2, 0) is 16.0 Å². The predicted molar refractivity (Wildman–Crippen MR) is 128 cm³/mol. The van der Waals surface area contributed by atoms with Crippen LogP contribution in [0.25, 0.3) is 16.0 Å². The van der Waals surface area contributed by atoms with E-state index in [0.29, 0.717) is 16.2 Å². The van der Waals surface area contributed by atoms with Crippen molar-refractivity contribution in [1.82, 2.24) is 4.98 Å². The van der Waals surface area contributed by atoms with Crippen molar-refractivity contribution in [2.75, 3.05) is 4.90 Å². The lowest BCUT2D eigenvalue weighted by Crippen LogP contribution is -2.29. The van der Waals surface area contributed by atoms with Crippen molar-refractivity contribution < 1.29 is 24.2 Å². The molecule has 0 unspecified atom stereocenters. The molecule has 2 heterocycles. The summed E-state index contributed by atoms with van der Waals surface area (Å²) in [5, 5.41) is 21.4. The third kappa shape index (κ3) is 3.62. The Morgan fingerprint density at radius 1 is 1.09 bits per heavy atom. The van der Waals surface area contributed by atoms with Gasteiger partial charge >= 0.3 is 5.91 Å². The van der Waals surface area contributed by atoms with Crippen molar-refractivity contribution in [3.63, 3.8) is 0 Å². The number of thiazole rings is 1. The number of aliphatic hydroxyl groups is 1. The van der Waals surface area contributed by atoms with Crippen LogP contribution < -0.4 is 4.90 Å². The molecule has 0 radical (unpaired) electrons. The molecule has 34 heavy (non-hydrogen) atoms. The molecule has 6 nitrogen and oxygen atoms in total. The fraction of sp³-hybridized carbons (Fsp3) is 0.115. The summed E-state index contributed by atoms with van der Waals surface area (Å²) in [5.41, 5.74) is 2.27. The molecule has 0 aliphatic carbocycles. The maximum absolute atomic E-state index is 13.4. The lowest BCUT2D eigenvalue weighted by Gasteiger charge is -2.23. The van der Waals surface area contributed by atoms with E-state index < -0.39 is 29.3 Å². The Bertz CT molecular complexity index is 1480. The minimum atomic E-state index is -1.02. The molecule has 0 spiro atoms. The van der Waals surface area contributed by atoms with Crippen LogP contribution in [0.1, 0.15) is 29.7 Å². The molecule has 1 fully saturated rings. The zero-order chi connectivity index (χ0) is 24.0. The van der Waals surface area contributed by atoms with Gasteiger partial charge < -0.3 is 10.2 Å². The maximum Gasteiger partial charge on any atom is 0.301 e. The van der Waals surface area contributed by atoms with E-state index in [2.05, 4.69) is 4.98 Å². The average molecular weight is 475 g/mol. The molecule has 1 aliphatic heterocycles. The lowest BCUT2D eigenvalue weighted by atomic mass is 9.95. The van der Waals surface area contributed by atoms with Crippen molar-refractivity contribution in [1.29, 1.82) is 0 Å². The molecule has 1 aromatic heterocycles. The number of rotatable bonds is 4. The Morgan fingerprint density at radius 3 is 2.56 bits per heavy atom. The molecule has 0 bridgehead atoms. The number of ketones is 1. The number of aryl methyl sites for hydroxylation is 1. The molecule has 1 atom stereocenters.